The normalized spacial score (nSPS) is 14.6. The van der Waals surface area contributed by atoms with Crippen LogP contribution in [0.15, 0.2) is 22.7 Å². The minimum Gasteiger partial charge on any atom is -0.382 e. The van der Waals surface area contributed by atoms with Crippen LogP contribution in [0.3, 0.4) is 0 Å². The zero-order valence-corrected chi connectivity index (χ0v) is 15.3. The number of nitrogens with zero attached hydrogens (tertiary/aromatic N) is 6. The molecule has 4 N–H and O–H groups in total. The highest BCUT2D eigenvalue weighted by molar-refractivity contribution is 5.76. The summed E-state index contributed by atoms with van der Waals surface area (Å²) in [6.07, 6.45) is 0. The zero-order chi connectivity index (χ0) is 20.4. The molecule has 29 heavy (non-hydrogen) atoms. The van der Waals surface area contributed by atoms with Gasteiger partial charge in [-0.2, -0.15) is 15.2 Å². The summed E-state index contributed by atoms with van der Waals surface area (Å²) in [5.74, 6) is -0.204. The molecule has 0 saturated carbocycles. The van der Waals surface area contributed by atoms with Crippen LogP contribution in [0.2, 0.25) is 0 Å². The van der Waals surface area contributed by atoms with E-state index in [0.29, 0.717) is 31.2 Å². The van der Waals surface area contributed by atoms with Gasteiger partial charge in [-0.15, -0.1) is 0 Å². The van der Waals surface area contributed by atoms with Crippen LogP contribution in [-0.4, -0.2) is 51.3 Å². The summed E-state index contributed by atoms with van der Waals surface area (Å²) in [7, 11) is 0. The van der Waals surface area contributed by atoms with Crippen molar-refractivity contribution in [1.82, 2.24) is 25.0 Å². The van der Waals surface area contributed by atoms with Gasteiger partial charge in [0.1, 0.15) is 23.3 Å². The highest BCUT2D eigenvalue weighted by Gasteiger charge is 2.20. The lowest BCUT2D eigenvalue weighted by atomic mass is 10.0. The van der Waals surface area contributed by atoms with Crippen molar-refractivity contribution in [2.75, 3.05) is 37.8 Å². The van der Waals surface area contributed by atoms with E-state index in [2.05, 4.69) is 25.0 Å². The molecule has 0 spiro atoms. The Morgan fingerprint density at radius 2 is 1.97 bits per heavy atom. The summed E-state index contributed by atoms with van der Waals surface area (Å²) >= 11 is 0. The van der Waals surface area contributed by atoms with Crippen LogP contribution in [0.4, 0.5) is 16.2 Å². The van der Waals surface area contributed by atoms with Gasteiger partial charge in [0.05, 0.1) is 31.0 Å². The molecular formula is C18H17FN8O2. The van der Waals surface area contributed by atoms with Crippen LogP contribution in [0.25, 0.3) is 22.6 Å². The van der Waals surface area contributed by atoms with Crippen molar-refractivity contribution in [3.63, 3.8) is 0 Å². The van der Waals surface area contributed by atoms with E-state index in [-0.39, 0.29) is 34.4 Å². The SMILES string of the molecule is N#Cc1c(N)nc(N)nc1-c1ccc(F)c(-c2noc(CN3CCOCC3)n2)c1. The molecule has 148 valence electrons. The summed E-state index contributed by atoms with van der Waals surface area (Å²) in [4.78, 5) is 14.3. The third kappa shape index (κ3) is 3.84. The molecule has 0 amide bonds. The van der Waals surface area contributed by atoms with Crippen LogP contribution in [0, 0.1) is 17.1 Å². The first-order valence-corrected chi connectivity index (χ1v) is 8.81. The van der Waals surface area contributed by atoms with Gasteiger partial charge in [0.2, 0.25) is 17.7 Å². The van der Waals surface area contributed by atoms with E-state index in [1.165, 1.54) is 18.2 Å². The molecule has 4 rings (SSSR count). The summed E-state index contributed by atoms with van der Waals surface area (Å²) in [6, 6.07) is 6.12. The maximum atomic E-state index is 14.5. The number of nitrogen functional groups attached to an aromatic ring is 2. The molecule has 1 fully saturated rings. The summed E-state index contributed by atoms with van der Waals surface area (Å²) in [5, 5.41) is 13.3. The van der Waals surface area contributed by atoms with Gasteiger partial charge in [-0.3, -0.25) is 4.90 Å². The minimum absolute atomic E-state index is 0.0479. The lowest BCUT2D eigenvalue weighted by molar-refractivity contribution is 0.0297. The van der Waals surface area contributed by atoms with E-state index in [9.17, 15) is 9.65 Å². The lowest BCUT2D eigenvalue weighted by Gasteiger charge is -2.24. The number of morpholine rings is 1. The fourth-order valence-corrected chi connectivity index (χ4v) is 3.04. The van der Waals surface area contributed by atoms with Gasteiger partial charge >= 0.3 is 0 Å². The minimum atomic E-state index is -0.541. The number of nitriles is 1. The fourth-order valence-electron chi connectivity index (χ4n) is 3.04. The molecule has 1 aliphatic heterocycles. The lowest BCUT2D eigenvalue weighted by Crippen LogP contribution is -2.35. The van der Waals surface area contributed by atoms with Gasteiger partial charge in [-0.1, -0.05) is 5.16 Å². The molecule has 3 heterocycles. The topological polar surface area (TPSA) is 153 Å². The molecule has 11 heteroatoms. The average molecular weight is 396 g/mol. The third-order valence-electron chi connectivity index (χ3n) is 4.48. The van der Waals surface area contributed by atoms with Crippen LogP contribution in [0.5, 0.6) is 0 Å². The number of ether oxygens (including phenoxy) is 1. The molecule has 1 saturated heterocycles. The van der Waals surface area contributed by atoms with Crippen molar-refractivity contribution in [2.45, 2.75) is 6.54 Å². The number of halogens is 1. The van der Waals surface area contributed by atoms with Gasteiger partial charge in [0, 0.05) is 18.7 Å². The van der Waals surface area contributed by atoms with Crippen LogP contribution >= 0.6 is 0 Å². The Kier molecular flexibility index (Phi) is 5.03. The van der Waals surface area contributed by atoms with E-state index >= 15 is 0 Å². The summed E-state index contributed by atoms with van der Waals surface area (Å²) in [6.45, 7) is 3.26. The maximum absolute atomic E-state index is 14.5. The largest absolute Gasteiger partial charge is 0.382 e. The molecule has 0 aliphatic carbocycles. The Morgan fingerprint density at radius 3 is 2.72 bits per heavy atom. The van der Waals surface area contributed by atoms with Gasteiger partial charge < -0.3 is 20.7 Å². The first kappa shape index (κ1) is 18.7. The van der Waals surface area contributed by atoms with Crippen molar-refractivity contribution in [3.8, 4) is 28.7 Å². The Balaban J connectivity index is 1.68. The van der Waals surface area contributed by atoms with E-state index in [1.807, 2.05) is 6.07 Å². The first-order valence-electron chi connectivity index (χ1n) is 8.81. The number of benzene rings is 1. The molecule has 2 aromatic heterocycles. The molecule has 1 aliphatic rings. The second-order valence-corrected chi connectivity index (χ2v) is 6.40. The van der Waals surface area contributed by atoms with Crippen LogP contribution < -0.4 is 11.5 Å². The van der Waals surface area contributed by atoms with Crippen LogP contribution in [-0.2, 0) is 11.3 Å². The van der Waals surface area contributed by atoms with Gasteiger partial charge in [-0.05, 0) is 18.2 Å². The van der Waals surface area contributed by atoms with E-state index in [0.717, 1.165) is 13.1 Å². The molecule has 0 unspecified atom stereocenters. The highest BCUT2D eigenvalue weighted by Crippen LogP contribution is 2.30. The molecule has 1 aromatic carbocycles. The van der Waals surface area contributed by atoms with Crippen molar-refractivity contribution >= 4 is 11.8 Å². The summed E-state index contributed by atoms with van der Waals surface area (Å²) in [5.41, 5.74) is 12.2. The molecule has 0 bridgehead atoms. The number of hydrogen-bond acceptors (Lipinski definition) is 10. The molecular weight excluding hydrogens is 379 g/mol. The first-order chi connectivity index (χ1) is 14.0. The predicted octanol–water partition coefficient (Wildman–Crippen LogP) is 1.20. The average Bonchev–Trinajstić information content (AvgIpc) is 3.17. The zero-order valence-electron chi connectivity index (χ0n) is 15.3. The Morgan fingerprint density at radius 1 is 1.17 bits per heavy atom. The van der Waals surface area contributed by atoms with E-state index < -0.39 is 5.82 Å². The molecule has 0 atom stereocenters. The number of rotatable bonds is 4. The second-order valence-electron chi connectivity index (χ2n) is 6.40. The number of hydrogen-bond donors (Lipinski definition) is 2. The Bertz CT molecular complexity index is 1090. The standard InChI is InChI=1S/C18H17FN8O2/c19-13-2-1-10(15-12(8-20)16(21)25-18(22)24-15)7-11(13)17-23-14(29-26-17)9-27-3-5-28-6-4-27/h1-2,7H,3-6,9H2,(H4,21,22,24,25). The van der Waals surface area contributed by atoms with Crippen molar-refractivity contribution < 1.29 is 13.7 Å². The maximum Gasteiger partial charge on any atom is 0.241 e. The third-order valence-corrected chi connectivity index (χ3v) is 4.48. The predicted molar refractivity (Wildman–Crippen MR) is 100 cm³/mol. The van der Waals surface area contributed by atoms with E-state index in [4.69, 9.17) is 20.7 Å². The second kappa shape index (κ2) is 7.78. The molecule has 10 nitrogen and oxygen atoms in total. The fraction of sp³-hybridized carbons (Fsp3) is 0.278. The molecule has 3 aromatic rings. The van der Waals surface area contributed by atoms with Crippen molar-refractivity contribution in [2.24, 2.45) is 0 Å². The Hall–Kier alpha value is -3.62. The smallest absolute Gasteiger partial charge is 0.241 e. The Labute approximate surface area is 164 Å². The van der Waals surface area contributed by atoms with Crippen molar-refractivity contribution in [3.05, 3.63) is 35.5 Å². The summed E-state index contributed by atoms with van der Waals surface area (Å²) < 4.78 is 25.1. The van der Waals surface area contributed by atoms with Crippen LogP contribution in [0.1, 0.15) is 11.5 Å². The van der Waals surface area contributed by atoms with Gasteiger partial charge in [-0.25, -0.2) is 9.37 Å². The quantitative estimate of drug-likeness (QED) is 0.657. The molecule has 0 radical (unpaired) electrons. The number of aromatic nitrogens is 4. The number of nitrogens with two attached hydrogens (primary N) is 2. The van der Waals surface area contributed by atoms with Gasteiger partial charge in [0.15, 0.2) is 0 Å². The number of anilines is 2. The highest BCUT2D eigenvalue weighted by atomic mass is 19.1. The van der Waals surface area contributed by atoms with Crippen molar-refractivity contribution in [1.29, 1.82) is 5.26 Å². The van der Waals surface area contributed by atoms with Gasteiger partial charge in [0.25, 0.3) is 0 Å². The van der Waals surface area contributed by atoms with E-state index in [1.54, 1.807) is 0 Å². The monoisotopic (exact) mass is 396 g/mol.